The van der Waals surface area contributed by atoms with Crippen molar-refractivity contribution >= 4 is 11.8 Å². The maximum Gasteiger partial charge on any atom is 0.0370 e. The summed E-state index contributed by atoms with van der Waals surface area (Å²) in [6.07, 6.45) is 3.96. The molecule has 0 radical (unpaired) electrons. The summed E-state index contributed by atoms with van der Waals surface area (Å²) < 4.78 is 0. The van der Waals surface area contributed by atoms with Gasteiger partial charge < -0.3 is 5.32 Å². The second kappa shape index (κ2) is 6.50. The molecule has 1 fully saturated rings. The number of nitrogens with zero attached hydrogens (tertiary/aromatic N) is 1. The molecular weight excluding hydrogens is 264 g/mol. The fourth-order valence-corrected chi connectivity index (χ4v) is 4.64. The second-order valence-electron chi connectivity index (χ2n) is 6.27. The molecule has 110 valence electrons. The quantitative estimate of drug-likeness (QED) is 0.910. The van der Waals surface area contributed by atoms with Crippen LogP contribution in [0, 0.1) is 0 Å². The largest absolute Gasteiger partial charge is 0.313 e. The molecule has 2 aliphatic heterocycles. The zero-order valence-corrected chi connectivity index (χ0v) is 13.5. The van der Waals surface area contributed by atoms with Crippen LogP contribution >= 0.6 is 11.8 Å². The first kappa shape index (κ1) is 14.4. The average molecular weight is 290 g/mol. The topological polar surface area (TPSA) is 15.3 Å². The standard InChI is InChI=1S/C17H26N2S/c1-13(2)19(12-14-6-5-10-18-14)16-9-11-20-17-8-4-3-7-15(16)17/h3-4,7-8,13-14,16,18H,5-6,9-12H2,1-2H3. The molecule has 0 aliphatic carbocycles. The van der Waals surface area contributed by atoms with Crippen LogP contribution in [-0.2, 0) is 0 Å². The zero-order valence-electron chi connectivity index (χ0n) is 12.6. The van der Waals surface area contributed by atoms with Crippen LogP contribution in [0.3, 0.4) is 0 Å². The molecule has 3 heteroatoms. The third-order valence-corrected chi connectivity index (χ3v) is 5.71. The summed E-state index contributed by atoms with van der Waals surface area (Å²) in [5.74, 6) is 1.25. The summed E-state index contributed by atoms with van der Waals surface area (Å²) in [4.78, 5) is 4.22. The number of fused-ring (bicyclic) bond motifs is 1. The smallest absolute Gasteiger partial charge is 0.0370 e. The predicted molar refractivity (Wildman–Crippen MR) is 87.4 cm³/mol. The van der Waals surface area contributed by atoms with E-state index in [4.69, 9.17) is 0 Å². The van der Waals surface area contributed by atoms with E-state index in [9.17, 15) is 0 Å². The Morgan fingerprint density at radius 2 is 2.15 bits per heavy atom. The van der Waals surface area contributed by atoms with E-state index < -0.39 is 0 Å². The Bertz CT molecular complexity index is 440. The van der Waals surface area contributed by atoms with Gasteiger partial charge in [0.1, 0.15) is 0 Å². The van der Waals surface area contributed by atoms with E-state index in [2.05, 4.69) is 48.3 Å². The summed E-state index contributed by atoms with van der Waals surface area (Å²) in [6.45, 7) is 7.09. The Kier molecular flexibility index (Phi) is 4.69. The first-order valence-corrected chi connectivity index (χ1v) is 8.95. The van der Waals surface area contributed by atoms with Crippen molar-refractivity contribution in [2.75, 3.05) is 18.8 Å². The number of hydrogen-bond acceptors (Lipinski definition) is 3. The maximum atomic E-state index is 3.66. The van der Waals surface area contributed by atoms with Crippen LogP contribution < -0.4 is 5.32 Å². The van der Waals surface area contributed by atoms with Gasteiger partial charge >= 0.3 is 0 Å². The van der Waals surface area contributed by atoms with E-state index in [0.717, 1.165) is 0 Å². The van der Waals surface area contributed by atoms with Gasteiger partial charge in [-0.05, 0) is 57.0 Å². The highest BCUT2D eigenvalue weighted by molar-refractivity contribution is 7.99. The monoisotopic (exact) mass is 290 g/mol. The van der Waals surface area contributed by atoms with Gasteiger partial charge in [-0.1, -0.05) is 18.2 Å². The van der Waals surface area contributed by atoms with Crippen molar-refractivity contribution in [1.29, 1.82) is 0 Å². The molecule has 1 aromatic rings. The van der Waals surface area contributed by atoms with Crippen molar-refractivity contribution in [3.05, 3.63) is 29.8 Å². The minimum atomic E-state index is 0.606. The van der Waals surface area contributed by atoms with Crippen molar-refractivity contribution < 1.29 is 0 Å². The van der Waals surface area contributed by atoms with E-state index in [-0.39, 0.29) is 0 Å². The van der Waals surface area contributed by atoms with Crippen LogP contribution in [0.4, 0.5) is 0 Å². The van der Waals surface area contributed by atoms with Gasteiger partial charge in [0.25, 0.3) is 0 Å². The SMILES string of the molecule is CC(C)N(CC1CCCN1)C1CCSc2ccccc21. The molecular formula is C17H26N2S. The Morgan fingerprint density at radius 3 is 2.90 bits per heavy atom. The molecule has 0 spiro atoms. The van der Waals surface area contributed by atoms with E-state index in [1.807, 2.05) is 11.8 Å². The number of rotatable bonds is 4. The number of nitrogens with one attached hydrogen (secondary N) is 1. The first-order chi connectivity index (χ1) is 9.75. The Hall–Kier alpha value is -0.510. The Labute approximate surface area is 127 Å². The number of hydrogen-bond donors (Lipinski definition) is 1. The number of thioether (sulfide) groups is 1. The molecule has 2 nitrogen and oxygen atoms in total. The zero-order chi connectivity index (χ0) is 13.9. The summed E-state index contributed by atoms with van der Waals surface area (Å²) in [5.41, 5.74) is 1.55. The lowest BCUT2D eigenvalue weighted by molar-refractivity contribution is 0.133. The van der Waals surface area contributed by atoms with Crippen LogP contribution in [0.25, 0.3) is 0 Å². The van der Waals surface area contributed by atoms with Crippen LogP contribution in [0.1, 0.15) is 44.7 Å². The van der Waals surface area contributed by atoms with Crippen LogP contribution in [-0.4, -0.2) is 35.8 Å². The van der Waals surface area contributed by atoms with Crippen molar-refractivity contribution in [1.82, 2.24) is 10.2 Å². The van der Waals surface area contributed by atoms with Crippen molar-refractivity contribution in [3.63, 3.8) is 0 Å². The molecule has 1 aromatic carbocycles. The fourth-order valence-electron chi connectivity index (χ4n) is 3.53. The highest BCUT2D eigenvalue weighted by atomic mass is 32.2. The Balaban J connectivity index is 1.80. The van der Waals surface area contributed by atoms with E-state index in [1.54, 1.807) is 5.56 Å². The minimum Gasteiger partial charge on any atom is -0.313 e. The molecule has 1 saturated heterocycles. The lowest BCUT2D eigenvalue weighted by Crippen LogP contribution is -2.44. The predicted octanol–water partition coefficient (Wildman–Crippen LogP) is 3.69. The van der Waals surface area contributed by atoms with E-state index in [1.165, 1.54) is 43.0 Å². The molecule has 2 heterocycles. The Morgan fingerprint density at radius 1 is 1.30 bits per heavy atom. The third kappa shape index (κ3) is 3.05. The van der Waals surface area contributed by atoms with Gasteiger partial charge in [-0.25, -0.2) is 0 Å². The van der Waals surface area contributed by atoms with E-state index in [0.29, 0.717) is 18.1 Å². The van der Waals surface area contributed by atoms with Gasteiger partial charge in [-0.2, -0.15) is 0 Å². The van der Waals surface area contributed by atoms with Gasteiger partial charge in [-0.3, -0.25) is 4.90 Å². The summed E-state index contributed by atoms with van der Waals surface area (Å²) in [6, 6.07) is 10.9. The normalized spacial score (nSPS) is 26.2. The van der Waals surface area contributed by atoms with Gasteiger partial charge in [0.15, 0.2) is 0 Å². The molecule has 0 saturated carbocycles. The molecule has 0 bridgehead atoms. The highest BCUT2D eigenvalue weighted by Gasteiger charge is 2.30. The highest BCUT2D eigenvalue weighted by Crippen LogP contribution is 2.40. The molecule has 2 unspecified atom stereocenters. The summed E-state index contributed by atoms with van der Waals surface area (Å²) in [5, 5.41) is 3.66. The molecule has 1 N–H and O–H groups in total. The fraction of sp³-hybridized carbons (Fsp3) is 0.647. The average Bonchev–Trinajstić information content (AvgIpc) is 2.97. The van der Waals surface area contributed by atoms with Gasteiger partial charge in [0.2, 0.25) is 0 Å². The van der Waals surface area contributed by atoms with Gasteiger partial charge in [-0.15, -0.1) is 11.8 Å². The molecule has 0 amide bonds. The molecule has 20 heavy (non-hydrogen) atoms. The third-order valence-electron chi connectivity index (χ3n) is 4.58. The van der Waals surface area contributed by atoms with Gasteiger partial charge in [0.05, 0.1) is 0 Å². The van der Waals surface area contributed by atoms with Crippen molar-refractivity contribution in [3.8, 4) is 0 Å². The lowest BCUT2D eigenvalue weighted by Gasteiger charge is -2.39. The van der Waals surface area contributed by atoms with Gasteiger partial charge in [0, 0.05) is 29.6 Å². The maximum absolute atomic E-state index is 3.66. The summed E-state index contributed by atoms with van der Waals surface area (Å²) >= 11 is 2.02. The minimum absolute atomic E-state index is 0.606. The molecule has 3 rings (SSSR count). The molecule has 2 atom stereocenters. The first-order valence-electron chi connectivity index (χ1n) is 7.96. The van der Waals surface area contributed by atoms with Crippen molar-refractivity contribution in [2.24, 2.45) is 0 Å². The van der Waals surface area contributed by atoms with Crippen molar-refractivity contribution in [2.45, 2.75) is 56.1 Å². The molecule has 0 aromatic heterocycles. The van der Waals surface area contributed by atoms with Crippen LogP contribution in [0.2, 0.25) is 0 Å². The summed E-state index contributed by atoms with van der Waals surface area (Å²) in [7, 11) is 0. The number of benzene rings is 1. The lowest BCUT2D eigenvalue weighted by atomic mass is 9.99. The van der Waals surface area contributed by atoms with Crippen LogP contribution in [0.15, 0.2) is 29.2 Å². The van der Waals surface area contributed by atoms with Crippen LogP contribution in [0.5, 0.6) is 0 Å². The van der Waals surface area contributed by atoms with E-state index >= 15 is 0 Å². The molecule has 2 aliphatic rings. The second-order valence-corrected chi connectivity index (χ2v) is 7.41.